The van der Waals surface area contributed by atoms with Crippen molar-refractivity contribution >= 4 is 0 Å². The van der Waals surface area contributed by atoms with E-state index in [1.54, 1.807) is 6.07 Å². The van der Waals surface area contributed by atoms with E-state index in [9.17, 15) is 4.39 Å². The van der Waals surface area contributed by atoms with Crippen molar-refractivity contribution in [2.45, 2.75) is 103 Å². The summed E-state index contributed by atoms with van der Waals surface area (Å²) in [5.74, 6) is 2.00. The average Bonchev–Trinajstić information content (AvgIpc) is 2.78. The molecule has 0 N–H and O–H groups in total. The lowest BCUT2D eigenvalue weighted by Gasteiger charge is -2.28. The number of nitrogens with zero attached hydrogens (tertiary/aromatic N) is 2. The van der Waals surface area contributed by atoms with Gasteiger partial charge in [0.25, 0.3) is 0 Å². The van der Waals surface area contributed by atoms with Gasteiger partial charge < -0.3 is 0 Å². The number of benzene rings is 1. The minimum atomic E-state index is -0.131. The maximum absolute atomic E-state index is 14.4. The molecule has 1 heterocycles. The van der Waals surface area contributed by atoms with E-state index >= 15 is 0 Å². The van der Waals surface area contributed by atoms with Crippen molar-refractivity contribution in [3.05, 3.63) is 47.5 Å². The van der Waals surface area contributed by atoms with Crippen LogP contribution in [0.25, 0.3) is 11.4 Å². The van der Waals surface area contributed by atoms with Gasteiger partial charge in [0.1, 0.15) is 5.82 Å². The van der Waals surface area contributed by atoms with Crippen LogP contribution in [0.5, 0.6) is 0 Å². The van der Waals surface area contributed by atoms with Gasteiger partial charge >= 0.3 is 0 Å². The zero-order valence-electron chi connectivity index (χ0n) is 19.0. The normalized spacial score (nSPS) is 19.2. The predicted octanol–water partition coefficient (Wildman–Crippen LogP) is 8.26. The first-order valence-corrected chi connectivity index (χ1v) is 12.3. The molecule has 0 radical (unpaired) electrons. The van der Waals surface area contributed by atoms with Gasteiger partial charge in [-0.2, -0.15) is 0 Å². The highest BCUT2D eigenvalue weighted by Gasteiger charge is 2.22. The zero-order chi connectivity index (χ0) is 21.2. The van der Waals surface area contributed by atoms with Crippen LogP contribution in [-0.4, -0.2) is 9.97 Å². The molecule has 0 saturated heterocycles. The summed E-state index contributed by atoms with van der Waals surface area (Å²) in [5, 5.41) is 0. The molecule has 1 aliphatic rings. The topological polar surface area (TPSA) is 25.8 Å². The molecular formula is C27H39FN2. The van der Waals surface area contributed by atoms with E-state index < -0.39 is 0 Å². The number of halogens is 1. The molecule has 1 aromatic heterocycles. The molecule has 1 aliphatic carbocycles. The number of rotatable bonds is 11. The third kappa shape index (κ3) is 6.62. The molecule has 0 amide bonds. The first-order valence-electron chi connectivity index (χ1n) is 12.3. The van der Waals surface area contributed by atoms with Gasteiger partial charge in [-0.05, 0) is 67.6 Å². The van der Waals surface area contributed by atoms with Crippen LogP contribution >= 0.6 is 0 Å². The summed E-state index contributed by atoms with van der Waals surface area (Å²) in [4.78, 5) is 9.16. The second-order valence-corrected chi connectivity index (χ2v) is 9.17. The summed E-state index contributed by atoms with van der Waals surface area (Å²) in [6.45, 7) is 4.44. The second kappa shape index (κ2) is 12.2. The maximum Gasteiger partial charge on any atom is 0.159 e. The lowest BCUT2D eigenvalue weighted by atomic mass is 9.77. The smallest absolute Gasteiger partial charge is 0.159 e. The Kier molecular flexibility index (Phi) is 9.29. The predicted molar refractivity (Wildman–Crippen MR) is 124 cm³/mol. The molecule has 0 atom stereocenters. The van der Waals surface area contributed by atoms with Crippen molar-refractivity contribution in [2.24, 2.45) is 5.92 Å². The van der Waals surface area contributed by atoms with Crippen molar-refractivity contribution in [1.29, 1.82) is 0 Å². The molecule has 1 fully saturated rings. The van der Waals surface area contributed by atoms with Crippen LogP contribution in [0.1, 0.15) is 108 Å². The molecule has 2 aromatic rings. The number of aromatic nitrogens is 2. The number of aryl methyl sites for hydroxylation is 1. The van der Waals surface area contributed by atoms with E-state index in [4.69, 9.17) is 0 Å². The lowest BCUT2D eigenvalue weighted by molar-refractivity contribution is 0.301. The monoisotopic (exact) mass is 410 g/mol. The SMILES string of the molecule is CCCCCC[C@H]1CC[C@H](c2cnc(-c3ccc(CCCCC)c(F)c3)nc2)CC1. The van der Waals surface area contributed by atoms with Gasteiger partial charge in [0.15, 0.2) is 5.82 Å². The summed E-state index contributed by atoms with van der Waals surface area (Å²) in [6.07, 6.45) is 20.2. The fourth-order valence-electron chi connectivity index (χ4n) is 4.80. The molecule has 164 valence electrons. The number of hydrogen-bond acceptors (Lipinski definition) is 2. The van der Waals surface area contributed by atoms with Crippen molar-refractivity contribution in [3.8, 4) is 11.4 Å². The molecule has 0 aliphatic heterocycles. The van der Waals surface area contributed by atoms with Gasteiger partial charge in [-0.1, -0.05) is 70.9 Å². The first-order chi connectivity index (χ1) is 14.7. The highest BCUT2D eigenvalue weighted by molar-refractivity contribution is 5.55. The van der Waals surface area contributed by atoms with Crippen LogP contribution in [0.15, 0.2) is 30.6 Å². The van der Waals surface area contributed by atoms with E-state index in [1.165, 1.54) is 63.4 Å². The summed E-state index contributed by atoms with van der Waals surface area (Å²) in [7, 11) is 0. The molecule has 0 spiro atoms. The van der Waals surface area contributed by atoms with Crippen molar-refractivity contribution in [2.75, 3.05) is 0 Å². The highest BCUT2D eigenvalue weighted by Crippen LogP contribution is 2.37. The van der Waals surface area contributed by atoms with E-state index in [1.807, 2.05) is 24.5 Å². The molecule has 0 bridgehead atoms. The summed E-state index contributed by atoms with van der Waals surface area (Å²) in [6, 6.07) is 5.46. The highest BCUT2D eigenvalue weighted by atomic mass is 19.1. The van der Waals surface area contributed by atoms with Crippen LogP contribution in [0.4, 0.5) is 4.39 Å². The van der Waals surface area contributed by atoms with Gasteiger partial charge in [0, 0.05) is 18.0 Å². The minimum absolute atomic E-state index is 0.131. The molecular weight excluding hydrogens is 371 g/mol. The van der Waals surface area contributed by atoms with Crippen LogP contribution in [0.3, 0.4) is 0 Å². The van der Waals surface area contributed by atoms with Gasteiger partial charge in [-0.15, -0.1) is 0 Å². The second-order valence-electron chi connectivity index (χ2n) is 9.17. The van der Waals surface area contributed by atoms with Gasteiger partial charge in [0.05, 0.1) is 0 Å². The molecule has 1 aromatic carbocycles. The van der Waals surface area contributed by atoms with Crippen molar-refractivity contribution in [3.63, 3.8) is 0 Å². The maximum atomic E-state index is 14.4. The Morgan fingerprint density at radius 3 is 2.23 bits per heavy atom. The molecule has 0 unspecified atom stereocenters. The fourth-order valence-corrected chi connectivity index (χ4v) is 4.80. The Morgan fingerprint density at radius 1 is 0.867 bits per heavy atom. The molecule has 3 rings (SSSR count). The lowest BCUT2D eigenvalue weighted by Crippen LogP contribution is -2.14. The van der Waals surface area contributed by atoms with E-state index in [2.05, 4.69) is 23.8 Å². The Hall–Kier alpha value is -1.77. The Labute approximate surface area is 182 Å². The fraction of sp³-hybridized carbons (Fsp3) is 0.630. The summed E-state index contributed by atoms with van der Waals surface area (Å²) in [5.41, 5.74) is 2.82. The standard InChI is InChI=1S/C27H39FN2/c1-3-5-7-9-10-21-12-14-22(15-13-21)25-19-29-27(30-20-25)24-17-16-23(26(28)18-24)11-8-6-4-2/h16-22H,3-15H2,1-2H3/t21-,22-. The van der Waals surface area contributed by atoms with E-state index in [0.29, 0.717) is 11.7 Å². The Morgan fingerprint density at radius 2 is 1.57 bits per heavy atom. The van der Waals surface area contributed by atoms with Crippen LogP contribution in [0, 0.1) is 11.7 Å². The molecule has 1 saturated carbocycles. The Balaban J connectivity index is 1.52. The quantitative estimate of drug-likeness (QED) is 0.348. The molecule has 30 heavy (non-hydrogen) atoms. The third-order valence-electron chi connectivity index (χ3n) is 6.82. The largest absolute Gasteiger partial charge is 0.236 e. The first kappa shape index (κ1) is 22.9. The summed E-state index contributed by atoms with van der Waals surface area (Å²) >= 11 is 0. The van der Waals surface area contributed by atoms with Gasteiger partial charge in [-0.25, -0.2) is 14.4 Å². The molecule has 3 heteroatoms. The summed E-state index contributed by atoms with van der Waals surface area (Å²) < 4.78 is 14.4. The van der Waals surface area contributed by atoms with Crippen LogP contribution in [0.2, 0.25) is 0 Å². The number of hydrogen-bond donors (Lipinski definition) is 0. The number of unbranched alkanes of at least 4 members (excludes halogenated alkanes) is 5. The minimum Gasteiger partial charge on any atom is -0.236 e. The van der Waals surface area contributed by atoms with E-state index in [0.717, 1.165) is 42.7 Å². The van der Waals surface area contributed by atoms with Crippen LogP contribution in [-0.2, 0) is 6.42 Å². The van der Waals surface area contributed by atoms with Gasteiger partial charge in [-0.3, -0.25) is 0 Å². The molecule has 2 nitrogen and oxygen atoms in total. The van der Waals surface area contributed by atoms with Crippen LogP contribution < -0.4 is 0 Å². The van der Waals surface area contributed by atoms with Crippen molar-refractivity contribution in [1.82, 2.24) is 9.97 Å². The zero-order valence-corrected chi connectivity index (χ0v) is 19.0. The van der Waals surface area contributed by atoms with E-state index in [-0.39, 0.29) is 5.82 Å². The van der Waals surface area contributed by atoms with Gasteiger partial charge in [0.2, 0.25) is 0 Å². The van der Waals surface area contributed by atoms with Crippen molar-refractivity contribution < 1.29 is 4.39 Å². The third-order valence-corrected chi connectivity index (χ3v) is 6.82. The Bertz CT molecular complexity index is 748. The average molecular weight is 411 g/mol.